The molecule has 106 valence electrons. The lowest BCUT2D eigenvalue weighted by molar-refractivity contribution is 0.500. The molecule has 2 heterocycles. The fraction of sp³-hybridized carbons (Fsp3) is 0.385. The quantitative estimate of drug-likeness (QED) is 0.883. The number of rotatable bonds is 3. The third kappa shape index (κ3) is 2.62. The van der Waals surface area contributed by atoms with Crippen molar-refractivity contribution in [1.82, 2.24) is 20.5 Å². The summed E-state index contributed by atoms with van der Waals surface area (Å²) in [4.78, 5) is 6.40. The molecular formula is C13H15F2N5. The monoisotopic (exact) mass is 279 g/mol. The van der Waals surface area contributed by atoms with Crippen LogP contribution >= 0.6 is 0 Å². The fourth-order valence-electron chi connectivity index (χ4n) is 2.24. The van der Waals surface area contributed by atoms with E-state index in [0.29, 0.717) is 11.8 Å². The highest BCUT2D eigenvalue weighted by molar-refractivity contribution is 5.31. The number of benzene rings is 1. The van der Waals surface area contributed by atoms with Gasteiger partial charge in [-0.3, -0.25) is 5.10 Å². The predicted octanol–water partition coefficient (Wildman–Crippen LogP) is 1.08. The SMILES string of the molecule is Fc1cccc(Cc2nc(N3CCNCC3)n[nH]2)c1F. The van der Waals surface area contributed by atoms with E-state index in [2.05, 4.69) is 25.4 Å². The third-order valence-electron chi connectivity index (χ3n) is 3.31. The van der Waals surface area contributed by atoms with E-state index in [1.165, 1.54) is 6.07 Å². The normalized spacial score (nSPS) is 15.6. The number of H-pyrrole nitrogens is 1. The van der Waals surface area contributed by atoms with Crippen molar-refractivity contribution >= 4 is 5.95 Å². The largest absolute Gasteiger partial charge is 0.337 e. The zero-order chi connectivity index (χ0) is 13.9. The van der Waals surface area contributed by atoms with E-state index in [-0.39, 0.29) is 12.0 Å². The molecule has 0 amide bonds. The number of nitrogens with zero attached hydrogens (tertiary/aromatic N) is 3. The van der Waals surface area contributed by atoms with E-state index in [4.69, 9.17) is 0 Å². The molecule has 2 aromatic rings. The zero-order valence-corrected chi connectivity index (χ0v) is 10.9. The van der Waals surface area contributed by atoms with E-state index in [0.717, 1.165) is 32.2 Å². The van der Waals surface area contributed by atoms with Crippen LogP contribution in [0.2, 0.25) is 0 Å². The van der Waals surface area contributed by atoms with Gasteiger partial charge in [0.05, 0.1) is 0 Å². The minimum atomic E-state index is -0.843. The standard InChI is InChI=1S/C13H15F2N5/c14-10-3-1-2-9(12(10)15)8-11-17-13(19-18-11)20-6-4-16-5-7-20/h1-3,16H,4-8H2,(H,17,18,19). The van der Waals surface area contributed by atoms with Crippen LogP contribution in [0.4, 0.5) is 14.7 Å². The highest BCUT2D eigenvalue weighted by atomic mass is 19.2. The molecule has 1 saturated heterocycles. The van der Waals surface area contributed by atoms with Gasteiger partial charge in [-0.25, -0.2) is 8.78 Å². The maximum atomic E-state index is 13.6. The van der Waals surface area contributed by atoms with Crippen LogP contribution in [0.25, 0.3) is 0 Å². The van der Waals surface area contributed by atoms with Gasteiger partial charge in [0.2, 0.25) is 5.95 Å². The maximum absolute atomic E-state index is 13.6. The van der Waals surface area contributed by atoms with Crippen LogP contribution in [0, 0.1) is 11.6 Å². The molecule has 1 aliphatic heterocycles. The Hall–Kier alpha value is -2.02. The Labute approximate surface area is 115 Å². The molecule has 1 aromatic carbocycles. The Bertz CT molecular complexity index is 592. The molecule has 0 radical (unpaired) electrons. The Morgan fingerprint density at radius 3 is 2.80 bits per heavy atom. The molecular weight excluding hydrogens is 264 g/mol. The molecule has 0 spiro atoms. The molecule has 0 unspecified atom stereocenters. The minimum Gasteiger partial charge on any atom is -0.337 e. The first kappa shape index (κ1) is 13.0. The number of piperazine rings is 1. The molecule has 0 saturated carbocycles. The Morgan fingerprint density at radius 2 is 2.00 bits per heavy atom. The molecule has 0 aliphatic carbocycles. The number of anilines is 1. The van der Waals surface area contributed by atoms with E-state index in [1.54, 1.807) is 6.07 Å². The smallest absolute Gasteiger partial charge is 0.244 e. The molecule has 1 aliphatic rings. The van der Waals surface area contributed by atoms with Gasteiger partial charge >= 0.3 is 0 Å². The van der Waals surface area contributed by atoms with Crippen LogP contribution in [-0.2, 0) is 6.42 Å². The van der Waals surface area contributed by atoms with Gasteiger partial charge in [0, 0.05) is 32.6 Å². The second-order valence-electron chi connectivity index (χ2n) is 4.71. The Balaban J connectivity index is 1.75. The van der Waals surface area contributed by atoms with E-state index in [1.807, 2.05) is 0 Å². The first-order chi connectivity index (χ1) is 9.74. The van der Waals surface area contributed by atoms with Gasteiger partial charge < -0.3 is 10.2 Å². The van der Waals surface area contributed by atoms with Gasteiger partial charge in [0.25, 0.3) is 0 Å². The second kappa shape index (κ2) is 5.54. The number of hydrogen-bond donors (Lipinski definition) is 2. The van der Waals surface area contributed by atoms with E-state index >= 15 is 0 Å². The third-order valence-corrected chi connectivity index (χ3v) is 3.31. The summed E-state index contributed by atoms with van der Waals surface area (Å²) in [7, 11) is 0. The highest BCUT2D eigenvalue weighted by Crippen LogP contribution is 2.15. The topological polar surface area (TPSA) is 56.8 Å². The van der Waals surface area contributed by atoms with Crippen molar-refractivity contribution in [3.05, 3.63) is 41.2 Å². The summed E-state index contributed by atoms with van der Waals surface area (Å²) < 4.78 is 26.7. The molecule has 1 aromatic heterocycles. The van der Waals surface area contributed by atoms with Crippen LogP contribution in [0.5, 0.6) is 0 Å². The van der Waals surface area contributed by atoms with Crippen LogP contribution in [0.15, 0.2) is 18.2 Å². The molecule has 1 fully saturated rings. The summed E-state index contributed by atoms with van der Waals surface area (Å²) in [5.41, 5.74) is 0.271. The summed E-state index contributed by atoms with van der Waals surface area (Å²) in [6.07, 6.45) is 0.197. The van der Waals surface area contributed by atoms with Crippen molar-refractivity contribution in [2.75, 3.05) is 31.1 Å². The Morgan fingerprint density at radius 1 is 1.20 bits per heavy atom. The lowest BCUT2D eigenvalue weighted by Crippen LogP contribution is -2.44. The number of hydrogen-bond acceptors (Lipinski definition) is 4. The molecule has 0 atom stereocenters. The van der Waals surface area contributed by atoms with E-state index < -0.39 is 11.6 Å². The van der Waals surface area contributed by atoms with Gasteiger partial charge in [-0.2, -0.15) is 4.98 Å². The van der Waals surface area contributed by atoms with Crippen LogP contribution in [0.3, 0.4) is 0 Å². The number of halogens is 2. The molecule has 2 N–H and O–H groups in total. The summed E-state index contributed by atoms with van der Waals surface area (Å²) in [5.74, 6) is -0.529. The lowest BCUT2D eigenvalue weighted by Gasteiger charge is -2.25. The molecule has 3 rings (SSSR count). The first-order valence-corrected chi connectivity index (χ1v) is 6.54. The number of nitrogens with one attached hydrogen (secondary N) is 2. The molecule has 20 heavy (non-hydrogen) atoms. The van der Waals surface area contributed by atoms with Gasteiger partial charge in [-0.15, -0.1) is 5.10 Å². The average molecular weight is 279 g/mol. The van der Waals surface area contributed by atoms with Crippen LogP contribution in [-0.4, -0.2) is 41.4 Å². The van der Waals surface area contributed by atoms with Gasteiger partial charge in [-0.1, -0.05) is 12.1 Å². The summed E-state index contributed by atoms with van der Waals surface area (Å²) in [6.45, 7) is 3.46. The highest BCUT2D eigenvalue weighted by Gasteiger charge is 2.16. The lowest BCUT2D eigenvalue weighted by atomic mass is 10.1. The van der Waals surface area contributed by atoms with Crippen molar-refractivity contribution in [3.8, 4) is 0 Å². The molecule has 5 nitrogen and oxygen atoms in total. The van der Waals surface area contributed by atoms with Crippen molar-refractivity contribution in [1.29, 1.82) is 0 Å². The van der Waals surface area contributed by atoms with Gasteiger partial charge in [-0.05, 0) is 11.6 Å². The van der Waals surface area contributed by atoms with Gasteiger partial charge in [0.15, 0.2) is 11.6 Å². The predicted molar refractivity (Wildman–Crippen MR) is 70.6 cm³/mol. The minimum absolute atomic E-state index is 0.197. The second-order valence-corrected chi connectivity index (χ2v) is 4.71. The van der Waals surface area contributed by atoms with Crippen LogP contribution < -0.4 is 10.2 Å². The Kier molecular flexibility index (Phi) is 3.60. The molecule has 0 bridgehead atoms. The van der Waals surface area contributed by atoms with Crippen molar-refractivity contribution < 1.29 is 8.78 Å². The van der Waals surface area contributed by atoms with Crippen molar-refractivity contribution in [2.24, 2.45) is 0 Å². The zero-order valence-electron chi connectivity index (χ0n) is 10.9. The summed E-state index contributed by atoms with van der Waals surface area (Å²) in [5, 5.41) is 10.2. The first-order valence-electron chi connectivity index (χ1n) is 6.54. The van der Waals surface area contributed by atoms with Crippen molar-refractivity contribution in [2.45, 2.75) is 6.42 Å². The fourth-order valence-corrected chi connectivity index (χ4v) is 2.24. The van der Waals surface area contributed by atoms with Crippen molar-refractivity contribution in [3.63, 3.8) is 0 Å². The maximum Gasteiger partial charge on any atom is 0.244 e. The summed E-state index contributed by atoms with van der Waals surface area (Å²) in [6, 6.07) is 4.14. The number of aromatic amines is 1. The average Bonchev–Trinajstić information content (AvgIpc) is 2.93. The number of aromatic nitrogens is 3. The van der Waals surface area contributed by atoms with Gasteiger partial charge in [0.1, 0.15) is 5.82 Å². The summed E-state index contributed by atoms with van der Waals surface area (Å²) >= 11 is 0. The van der Waals surface area contributed by atoms with E-state index in [9.17, 15) is 8.78 Å². The van der Waals surface area contributed by atoms with Crippen LogP contribution in [0.1, 0.15) is 11.4 Å². The molecule has 7 heteroatoms.